The Morgan fingerprint density at radius 1 is 1.42 bits per heavy atom. The molecule has 0 radical (unpaired) electrons. The predicted molar refractivity (Wildman–Crippen MR) is 73.1 cm³/mol. The molecule has 1 atom stereocenters. The number of carbonyl (C=O) groups excluding carboxylic acids is 1. The van der Waals surface area contributed by atoms with Gasteiger partial charge in [-0.1, -0.05) is 6.07 Å². The third-order valence-electron chi connectivity index (χ3n) is 3.83. The fraction of sp³-hybridized carbons (Fsp3) is 0.533. The fourth-order valence-corrected chi connectivity index (χ4v) is 2.67. The highest BCUT2D eigenvalue weighted by Gasteiger charge is 2.24. The first kappa shape index (κ1) is 13.9. The largest absolute Gasteiger partial charge is 0.497 e. The Bertz CT molecular complexity index is 459. The van der Waals surface area contributed by atoms with Gasteiger partial charge in [-0.25, -0.2) is 5.06 Å². The number of carbonyl (C=O) groups is 1. The topological polar surface area (TPSA) is 38.8 Å². The average Bonchev–Trinajstić information content (AvgIpc) is 2.45. The van der Waals surface area contributed by atoms with Gasteiger partial charge >= 0.3 is 0 Å². The van der Waals surface area contributed by atoms with Crippen LogP contribution in [0.15, 0.2) is 18.2 Å². The lowest BCUT2D eigenvalue weighted by Gasteiger charge is -2.26. The third-order valence-corrected chi connectivity index (χ3v) is 3.83. The molecule has 104 valence electrons. The number of rotatable bonds is 4. The lowest BCUT2D eigenvalue weighted by Crippen LogP contribution is -2.27. The Balaban J connectivity index is 2.16. The van der Waals surface area contributed by atoms with Gasteiger partial charge in [0, 0.05) is 13.5 Å². The lowest BCUT2D eigenvalue weighted by molar-refractivity contribution is -0.169. The van der Waals surface area contributed by atoms with Crippen molar-refractivity contribution < 1.29 is 14.4 Å². The summed E-state index contributed by atoms with van der Waals surface area (Å²) >= 11 is 0. The van der Waals surface area contributed by atoms with Crippen LogP contribution >= 0.6 is 0 Å². The van der Waals surface area contributed by atoms with Crippen molar-refractivity contribution in [1.29, 1.82) is 0 Å². The first-order valence-electron chi connectivity index (χ1n) is 6.63. The number of methoxy groups -OCH3 is 1. The zero-order valence-corrected chi connectivity index (χ0v) is 11.8. The molecule has 4 nitrogen and oxygen atoms in total. The van der Waals surface area contributed by atoms with Crippen LogP contribution in [0.25, 0.3) is 0 Å². The van der Waals surface area contributed by atoms with E-state index in [1.165, 1.54) is 23.3 Å². The van der Waals surface area contributed by atoms with Crippen LogP contribution in [0.2, 0.25) is 0 Å². The minimum atomic E-state index is 0.0242. The Kier molecular flexibility index (Phi) is 4.43. The van der Waals surface area contributed by atoms with E-state index in [0.717, 1.165) is 25.0 Å². The normalized spacial score (nSPS) is 17.7. The second kappa shape index (κ2) is 6.06. The average molecular weight is 263 g/mol. The van der Waals surface area contributed by atoms with E-state index in [1.54, 1.807) is 14.2 Å². The van der Waals surface area contributed by atoms with E-state index in [0.29, 0.717) is 12.3 Å². The Morgan fingerprint density at radius 3 is 2.89 bits per heavy atom. The quantitative estimate of drug-likeness (QED) is 0.784. The summed E-state index contributed by atoms with van der Waals surface area (Å²) in [5.41, 5.74) is 2.59. The van der Waals surface area contributed by atoms with Crippen molar-refractivity contribution in [3.8, 4) is 5.75 Å². The minimum absolute atomic E-state index is 0.0242. The SMILES string of the molecule is COc1ccc2c(c1)CCC[C@@H]2CC(=O)N(C)OC. The zero-order valence-electron chi connectivity index (χ0n) is 11.8. The van der Waals surface area contributed by atoms with Crippen molar-refractivity contribution in [2.75, 3.05) is 21.3 Å². The maximum absolute atomic E-state index is 12.0. The van der Waals surface area contributed by atoms with Crippen LogP contribution in [0.1, 0.15) is 36.3 Å². The van der Waals surface area contributed by atoms with Crippen LogP contribution in [0, 0.1) is 0 Å². The Morgan fingerprint density at radius 2 is 2.21 bits per heavy atom. The molecule has 0 N–H and O–H groups in total. The van der Waals surface area contributed by atoms with Gasteiger partial charge in [-0.2, -0.15) is 0 Å². The van der Waals surface area contributed by atoms with Crippen molar-refractivity contribution in [2.24, 2.45) is 0 Å². The van der Waals surface area contributed by atoms with Gasteiger partial charge in [0.2, 0.25) is 5.91 Å². The van der Waals surface area contributed by atoms with Crippen LogP contribution in [-0.2, 0) is 16.1 Å². The van der Waals surface area contributed by atoms with Crippen LogP contribution in [0.5, 0.6) is 5.75 Å². The van der Waals surface area contributed by atoms with Crippen molar-refractivity contribution >= 4 is 5.91 Å². The number of hydrogen-bond donors (Lipinski definition) is 0. The van der Waals surface area contributed by atoms with Gasteiger partial charge in [0.15, 0.2) is 0 Å². The molecular weight excluding hydrogens is 242 g/mol. The Labute approximate surface area is 114 Å². The lowest BCUT2D eigenvalue weighted by atomic mass is 9.81. The molecule has 0 aliphatic heterocycles. The van der Waals surface area contributed by atoms with E-state index >= 15 is 0 Å². The molecule has 1 aromatic rings. The summed E-state index contributed by atoms with van der Waals surface area (Å²) in [5.74, 6) is 1.20. The van der Waals surface area contributed by atoms with Crippen molar-refractivity contribution in [1.82, 2.24) is 5.06 Å². The van der Waals surface area contributed by atoms with Gasteiger partial charge in [0.05, 0.1) is 14.2 Å². The molecule has 0 heterocycles. The Hall–Kier alpha value is -1.55. The number of amides is 1. The third kappa shape index (κ3) is 3.07. The van der Waals surface area contributed by atoms with E-state index in [4.69, 9.17) is 9.57 Å². The molecule has 0 saturated carbocycles. The molecule has 1 aromatic carbocycles. The smallest absolute Gasteiger partial charge is 0.246 e. The van der Waals surface area contributed by atoms with E-state index in [-0.39, 0.29) is 5.91 Å². The first-order valence-corrected chi connectivity index (χ1v) is 6.63. The molecule has 0 aromatic heterocycles. The molecule has 1 aliphatic carbocycles. The number of nitrogens with zero attached hydrogens (tertiary/aromatic N) is 1. The molecular formula is C15H21NO3. The summed E-state index contributed by atoms with van der Waals surface area (Å²) in [5, 5.41) is 1.30. The maximum atomic E-state index is 12.0. The summed E-state index contributed by atoms with van der Waals surface area (Å²) in [4.78, 5) is 16.9. The summed E-state index contributed by atoms with van der Waals surface area (Å²) in [7, 11) is 4.84. The van der Waals surface area contributed by atoms with Gasteiger partial charge in [-0.15, -0.1) is 0 Å². The number of aryl methyl sites for hydroxylation is 1. The molecule has 0 saturated heterocycles. The molecule has 0 fully saturated rings. The molecule has 19 heavy (non-hydrogen) atoms. The summed E-state index contributed by atoms with van der Waals surface area (Å²) in [6, 6.07) is 6.16. The number of benzene rings is 1. The van der Waals surface area contributed by atoms with Gasteiger partial charge < -0.3 is 4.74 Å². The predicted octanol–water partition coefficient (Wildman–Crippen LogP) is 2.53. The minimum Gasteiger partial charge on any atom is -0.497 e. The molecule has 0 bridgehead atoms. The first-order chi connectivity index (χ1) is 9.15. The maximum Gasteiger partial charge on any atom is 0.246 e. The summed E-state index contributed by atoms with van der Waals surface area (Å²) in [6.07, 6.45) is 3.75. The highest BCUT2D eigenvalue weighted by molar-refractivity contribution is 5.76. The van der Waals surface area contributed by atoms with Gasteiger partial charge in [0.25, 0.3) is 0 Å². The molecule has 1 amide bonds. The molecule has 0 unspecified atom stereocenters. The van der Waals surface area contributed by atoms with Crippen molar-refractivity contribution in [2.45, 2.75) is 31.6 Å². The van der Waals surface area contributed by atoms with E-state index < -0.39 is 0 Å². The molecule has 4 heteroatoms. The molecule has 2 rings (SSSR count). The van der Waals surface area contributed by atoms with Crippen LogP contribution in [0.3, 0.4) is 0 Å². The monoisotopic (exact) mass is 263 g/mol. The van der Waals surface area contributed by atoms with Crippen LogP contribution in [0.4, 0.5) is 0 Å². The molecule has 1 aliphatic rings. The van der Waals surface area contributed by atoms with Crippen molar-refractivity contribution in [3.05, 3.63) is 29.3 Å². The second-order valence-electron chi connectivity index (χ2n) is 4.93. The number of fused-ring (bicyclic) bond motifs is 1. The highest BCUT2D eigenvalue weighted by atomic mass is 16.7. The fourth-order valence-electron chi connectivity index (χ4n) is 2.67. The van der Waals surface area contributed by atoms with Crippen molar-refractivity contribution in [3.63, 3.8) is 0 Å². The van der Waals surface area contributed by atoms with Gasteiger partial charge in [0.1, 0.15) is 5.75 Å². The highest BCUT2D eigenvalue weighted by Crippen LogP contribution is 2.36. The number of hydrogen-bond acceptors (Lipinski definition) is 3. The standard InChI is InChI=1S/C15H21NO3/c1-16(19-3)15(17)10-12-6-4-5-11-9-13(18-2)7-8-14(11)12/h7-9,12H,4-6,10H2,1-3H3/t12-/m1/s1. The summed E-state index contributed by atoms with van der Waals surface area (Å²) in [6.45, 7) is 0. The van der Waals surface area contributed by atoms with Gasteiger partial charge in [-0.05, 0) is 48.4 Å². The number of hydroxylamine groups is 2. The summed E-state index contributed by atoms with van der Waals surface area (Å²) < 4.78 is 5.26. The van der Waals surface area contributed by atoms with Crippen LogP contribution in [-0.4, -0.2) is 32.2 Å². The number of ether oxygens (including phenoxy) is 1. The van der Waals surface area contributed by atoms with E-state index in [1.807, 2.05) is 6.07 Å². The molecule has 0 spiro atoms. The van der Waals surface area contributed by atoms with E-state index in [2.05, 4.69) is 12.1 Å². The van der Waals surface area contributed by atoms with Crippen LogP contribution < -0.4 is 4.74 Å². The van der Waals surface area contributed by atoms with E-state index in [9.17, 15) is 4.79 Å². The zero-order chi connectivity index (χ0) is 13.8. The van der Waals surface area contributed by atoms with Gasteiger partial charge in [-0.3, -0.25) is 9.63 Å². The second-order valence-corrected chi connectivity index (χ2v) is 4.93.